The van der Waals surface area contributed by atoms with Crippen molar-refractivity contribution in [2.45, 2.75) is 53.0 Å². The average Bonchev–Trinajstić information content (AvgIpc) is 3.26. The van der Waals surface area contributed by atoms with Crippen molar-refractivity contribution < 1.29 is 0 Å². The van der Waals surface area contributed by atoms with Gasteiger partial charge in [-0.3, -0.25) is 0 Å². The smallest absolute Gasteiger partial charge is 0.0140 e. The van der Waals surface area contributed by atoms with Gasteiger partial charge in [0.25, 0.3) is 0 Å². The molecule has 2 aliphatic rings. The van der Waals surface area contributed by atoms with E-state index in [2.05, 4.69) is 70.3 Å². The van der Waals surface area contributed by atoms with Crippen LogP contribution in [0.1, 0.15) is 52.5 Å². The highest BCUT2D eigenvalue weighted by molar-refractivity contribution is 5.29. The molecule has 1 aromatic rings. The van der Waals surface area contributed by atoms with Gasteiger partial charge in [0.15, 0.2) is 0 Å². The van der Waals surface area contributed by atoms with E-state index in [0.29, 0.717) is 16.9 Å². The fraction of sp³-hybridized carbons (Fsp3) is 0.684. The summed E-state index contributed by atoms with van der Waals surface area (Å²) >= 11 is 0. The number of hydrogen-bond acceptors (Lipinski definition) is 1. The van der Waals surface area contributed by atoms with Gasteiger partial charge in [-0.1, -0.05) is 65.0 Å². The zero-order valence-corrected chi connectivity index (χ0v) is 13.6. The van der Waals surface area contributed by atoms with Gasteiger partial charge in [0, 0.05) is 6.04 Å². The van der Waals surface area contributed by atoms with Crippen LogP contribution in [0.25, 0.3) is 0 Å². The molecule has 0 aromatic heterocycles. The van der Waals surface area contributed by atoms with Gasteiger partial charge >= 0.3 is 0 Å². The van der Waals surface area contributed by atoms with Crippen LogP contribution in [0.2, 0.25) is 0 Å². The summed E-state index contributed by atoms with van der Waals surface area (Å²) in [5, 5.41) is 3.82. The molecule has 0 bridgehead atoms. The van der Waals surface area contributed by atoms with Crippen molar-refractivity contribution in [1.29, 1.82) is 0 Å². The Bertz CT molecular complexity index is 460. The molecule has 0 radical (unpaired) electrons. The lowest BCUT2D eigenvalue weighted by molar-refractivity contribution is 0.363. The third-order valence-electron chi connectivity index (χ3n) is 6.46. The van der Waals surface area contributed by atoms with Crippen LogP contribution >= 0.6 is 0 Å². The van der Waals surface area contributed by atoms with Crippen molar-refractivity contribution in [1.82, 2.24) is 5.32 Å². The van der Waals surface area contributed by atoms with Crippen molar-refractivity contribution >= 4 is 0 Å². The molecule has 2 aliphatic carbocycles. The molecular formula is C19H29N. The first-order valence-electron chi connectivity index (χ1n) is 8.19. The topological polar surface area (TPSA) is 12.0 Å². The molecule has 0 heterocycles. The molecule has 0 aliphatic heterocycles. The van der Waals surface area contributed by atoms with Crippen molar-refractivity contribution in [3.05, 3.63) is 35.9 Å². The highest BCUT2D eigenvalue weighted by Crippen LogP contribution is 2.72. The molecule has 1 aromatic carbocycles. The molecule has 0 amide bonds. The maximum atomic E-state index is 3.82. The Morgan fingerprint density at radius 2 is 1.70 bits per heavy atom. The van der Waals surface area contributed by atoms with Crippen molar-refractivity contribution in [2.24, 2.45) is 22.7 Å². The van der Waals surface area contributed by atoms with E-state index in [1.807, 2.05) is 0 Å². The lowest BCUT2D eigenvalue weighted by Crippen LogP contribution is -2.35. The predicted molar refractivity (Wildman–Crippen MR) is 85.8 cm³/mol. The predicted octanol–water partition coefficient (Wildman–Crippen LogP) is 4.45. The Morgan fingerprint density at radius 1 is 1.10 bits per heavy atom. The van der Waals surface area contributed by atoms with Gasteiger partial charge in [0.1, 0.15) is 0 Å². The molecule has 0 saturated heterocycles. The Balaban J connectivity index is 1.75. The third kappa shape index (κ3) is 2.02. The second-order valence-corrected chi connectivity index (χ2v) is 7.92. The Labute approximate surface area is 124 Å². The van der Waals surface area contributed by atoms with Crippen LogP contribution in [0, 0.1) is 22.7 Å². The van der Waals surface area contributed by atoms with E-state index in [-0.39, 0.29) is 0 Å². The third-order valence-corrected chi connectivity index (χ3v) is 6.46. The lowest BCUT2D eigenvalue weighted by Gasteiger charge is -2.21. The number of nitrogens with one attached hydrogen (secondary N) is 1. The van der Waals surface area contributed by atoms with Crippen LogP contribution in [0.4, 0.5) is 0 Å². The monoisotopic (exact) mass is 271 g/mol. The van der Waals surface area contributed by atoms with Gasteiger partial charge in [0.2, 0.25) is 0 Å². The number of rotatable bonds is 5. The molecule has 2 fully saturated rings. The normalized spacial score (nSPS) is 31.9. The molecule has 0 spiro atoms. The van der Waals surface area contributed by atoms with Gasteiger partial charge in [-0.25, -0.2) is 0 Å². The van der Waals surface area contributed by atoms with Gasteiger partial charge < -0.3 is 5.32 Å². The molecule has 3 unspecified atom stereocenters. The van der Waals surface area contributed by atoms with Gasteiger partial charge in [-0.2, -0.15) is 0 Å². The number of benzene rings is 1. The minimum atomic E-state index is 0.476. The van der Waals surface area contributed by atoms with Crippen LogP contribution in [0.3, 0.4) is 0 Å². The molecule has 20 heavy (non-hydrogen) atoms. The first-order chi connectivity index (χ1) is 9.41. The molecule has 110 valence electrons. The number of hydrogen-bond donors (Lipinski definition) is 1. The first-order valence-corrected chi connectivity index (χ1v) is 8.19. The Kier molecular flexibility index (Phi) is 3.25. The summed E-state index contributed by atoms with van der Waals surface area (Å²) in [6.07, 6.45) is 1.37. The van der Waals surface area contributed by atoms with E-state index in [1.54, 1.807) is 0 Å². The van der Waals surface area contributed by atoms with Crippen LogP contribution in [0.5, 0.6) is 0 Å². The molecule has 3 atom stereocenters. The lowest BCUT2D eigenvalue weighted by atomic mass is 9.96. The summed E-state index contributed by atoms with van der Waals surface area (Å²) in [7, 11) is 0. The highest BCUT2D eigenvalue weighted by atomic mass is 15.0. The summed E-state index contributed by atoms with van der Waals surface area (Å²) in [6, 6.07) is 11.8. The van der Waals surface area contributed by atoms with E-state index < -0.39 is 0 Å². The van der Waals surface area contributed by atoms with E-state index in [4.69, 9.17) is 0 Å². The van der Waals surface area contributed by atoms with Gasteiger partial charge in [0.05, 0.1) is 0 Å². The summed E-state index contributed by atoms with van der Waals surface area (Å²) in [4.78, 5) is 0. The molecule has 3 rings (SSSR count). The van der Waals surface area contributed by atoms with Crippen molar-refractivity contribution in [3.63, 3.8) is 0 Å². The standard InChI is InChI=1S/C19H29N/c1-6-20-16(17-18(2,3)19(17,4)5)15-12-14(15)13-10-8-7-9-11-13/h7-11,14-17,20H,6,12H2,1-5H3. The molecule has 1 N–H and O–H groups in total. The molecule has 1 heteroatoms. The minimum Gasteiger partial charge on any atom is -0.314 e. The van der Waals surface area contributed by atoms with Crippen molar-refractivity contribution in [2.75, 3.05) is 6.54 Å². The average molecular weight is 271 g/mol. The van der Waals surface area contributed by atoms with E-state index in [9.17, 15) is 0 Å². The van der Waals surface area contributed by atoms with Crippen LogP contribution in [-0.4, -0.2) is 12.6 Å². The van der Waals surface area contributed by atoms with Crippen LogP contribution in [0.15, 0.2) is 30.3 Å². The van der Waals surface area contributed by atoms with Crippen LogP contribution in [-0.2, 0) is 0 Å². The molecule has 1 nitrogen and oxygen atoms in total. The van der Waals surface area contributed by atoms with Crippen LogP contribution < -0.4 is 5.32 Å². The SMILES string of the molecule is CCNC(C1CC1c1ccccc1)C1C(C)(C)C1(C)C. The summed E-state index contributed by atoms with van der Waals surface area (Å²) in [5.41, 5.74) is 2.49. The summed E-state index contributed by atoms with van der Waals surface area (Å²) in [5.74, 6) is 2.43. The second kappa shape index (κ2) is 4.59. The fourth-order valence-corrected chi connectivity index (χ4v) is 4.59. The highest BCUT2D eigenvalue weighted by Gasteiger charge is 2.69. The van der Waals surface area contributed by atoms with E-state index in [0.717, 1.165) is 24.3 Å². The Hall–Kier alpha value is -0.820. The van der Waals surface area contributed by atoms with E-state index >= 15 is 0 Å². The second-order valence-electron chi connectivity index (χ2n) is 7.92. The first kappa shape index (κ1) is 14.1. The fourth-order valence-electron chi connectivity index (χ4n) is 4.59. The quantitative estimate of drug-likeness (QED) is 0.834. The van der Waals surface area contributed by atoms with E-state index in [1.165, 1.54) is 12.0 Å². The summed E-state index contributed by atoms with van der Waals surface area (Å²) < 4.78 is 0. The zero-order valence-electron chi connectivity index (χ0n) is 13.6. The Morgan fingerprint density at radius 3 is 2.20 bits per heavy atom. The molecular weight excluding hydrogens is 242 g/mol. The maximum Gasteiger partial charge on any atom is 0.0140 e. The van der Waals surface area contributed by atoms with Gasteiger partial charge in [-0.05, 0) is 47.1 Å². The molecule has 2 saturated carbocycles. The minimum absolute atomic E-state index is 0.476. The maximum absolute atomic E-state index is 3.82. The largest absolute Gasteiger partial charge is 0.314 e. The zero-order chi connectivity index (χ0) is 14.5. The van der Waals surface area contributed by atoms with Gasteiger partial charge in [-0.15, -0.1) is 0 Å². The van der Waals surface area contributed by atoms with Crippen molar-refractivity contribution in [3.8, 4) is 0 Å². The summed E-state index contributed by atoms with van der Waals surface area (Å²) in [6.45, 7) is 13.1.